The van der Waals surface area contributed by atoms with Crippen molar-refractivity contribution in [3.8, 4) is 0 Å². The van der Waals surface area contributed by atoms with Gasteiger partial charge in [-0.2, -0.15) is 0 Å². The average molecular weight is 380 g/mol. The number of benzene rings is 4. The lowest BCUT2D eigenvalue weighted by Crippen LogP contribution is -2.03. The summed E-state index contributed by atoms with van der Waals surface area (Å²) in [5.74, 6) is 0.801. The zero-order valence-electron chi connectivity index (χ0n) is 17.5. The summed E-state index contributed by atoms with van der Waals surface area (Å²) in [6, 6.07) is 24.8. The molecule has 5 rings (SSSR count). The highest BCUT2D eigenvalue weighted by molar-refractivity contribution is 6.22. The number of unbranched alkanes of at least 4 members (excludes halogenated alkanes) is 1. The fourth-order valence-corrected chi connectivity index (χ4v) is 4.90. The van der Waals surface area contributed by atoms with Crippen LogP contribution < -0.4 is 0 Å². The van der Waals surface area contributed by atoms with Crippen molar-refractivity contribution < 1.29 is 0 Å². The van der Waals surface area contributed by atoms with Crippen molar-refractivity contribution in [2.45, 2.75) is 46.0 Å². The van der Waals surface area contributed by atoms with Crippen molar-refractivity contribution in [2.75, 3.05) is 0 Å². The van der Waals surface area contributed by atoms with E-state index in [2.05, 4.69) is 85.6 Å². The largest absolute Gasteiger partial charge is 0.353 e. The molecule has 1 heterocycles. The van der Waals surface area contributed by atoms with Crippen LogP contribution >= 0.6 is 0 Å². The fourth-order valence-electron chi connectivity index (χ4n) is 4.90. The molecule has 0 aliphatic carbocycles. The average Bonchev–Trinajstić information content (AvgIpc) is 3.16. The summed E-state index contributed by atoms with van der Waals surface area (Å²) in [5.41, 5.74) is 3.99. The molecule has 0 saturated carbocycles. The predicted molar refractivity (Wildman–Crippen MR) is 128 cm³/mol. The van der Waals surface area contributed by atoms with Crippen molar-refractivity contribution in [3.05, 3.63) is 72.3 Å². The van der Waals surface area contributed by atoms with Gasteiger partial charge in [-0.05, 0) is 28.7 Å². The molecule has 29 heavy (non-hydrogen) atoms. The number of H-pyrrole nitrogens is 1. The molecule has 0 amide bonds. The quantitative estimate of drug-likeness (QED) is 0.305. The van der Waals surface area contributed by atoms with Gasteiger partial charge in [-0.1, -0.05) is 106 Å². The van der Waals surface area contributed by atoms with Gasteiger partial charge in [0.25, 0.3) is 0 Å². The molecule has 5 aromatic rings. The summed E-state index contributed by atoms with van der Waals surface area (Å²) in [5, 5.41) is 7.89. The van der Waals surface area contributed by atoms with Crippen molar-refractivity contribution in [1.29, 1.82) is 0 Å². The lowest BCUT2D eigenvalue weighted by molar-refractivity contribution is 0.449. The maximum absolute atomic E-state index is 3.76. The van der Waals surface area contributed by atoms with E-state index in [9.17, 15) is 0 Å². The second kappa shape index (κ2) is 7.55. The van der Waals surface area contributed by atoms with Crippen LogP contribution in [-0.4, -0.2) is 4.98 Å². The molecule has 1 unspecified atom stereocenters. The first kappa shape index (κ1) is 18.2. The van der Waals surface area contributed by atoms with Gasteiger partial charge in [-0.25, -0.2) is 0 Å². The zero-order chi connectivity index (χ0) is 19.8. The van der Waals surface area contributed by atoms with Crippen LogP contribution in [0.4, 0.5) is 0 Å². The Kier molecular flexibility index (Phi) is 4.75. The molecule has 0 bridgehead atoms. The van der Waals surface area contributed by atoms with Crippen LogP contribution in [0, 0.1) is 5.92 Å². The lowest BCUT2D eigenvalue weighted by atomic mass is 9.91. The molecule has 0 saturated heterocycles. The molecule has 0 aliphatic heterocycles. The standard InChI is InChI=1S/C28H29N/c1-3-5-8-19(4-2)17-20-11-14-24-22(18-20)13-16-26-25-15-12-21-9-6-7-10-23(21)27(25)29-28(24)26/h6-7,9-16,18-19,29H,3-5,8,17H2,1-2H3. The van der Waals surface area contributed by atoms with E-state index in [0.717, 1.165) is 5.92 Å². The number of aromatic amines is 1. The molecule has 1 nitrogen and oxygen atoms in total. The van der Waals surface area contributed by atoms with E-state index in [4.69, 9.17) is 0 Å². The summed E-state index contributed by atoms with van der Waals surface area (Å²) >= 11 is 0. The molecule has 1 atom stereocenters. The first-order valence-electron chi connectivity index (χ1n) is 11.1. The molecular weight excluding hydrogens is 350 g/mol. The van der Waals surface area contributed by atoms with Crippen molar-refractivity contribution in [1.82, 2.24) is 4.98 Å². The summed E-state index contributed by atoms with van der Waals surface area (Å²) in [4.78, 5) is 3.76. The number of fused-ring (bicyclic) bond motifs is 7. The number of hydrogen-bond donors (Lipinski definition) is 1. The second-order valence-electron chi connectivity index (χ2n) is 8.50. The normalized spacial score (nSPS) is 13.0. The smallest absolute Gasteiger partial charge is 0.0544 e. The van der Waals surface area contributed by atoms with E-state index in [1.807, 2.05) is 0 Å². The molecule has 1 N–H and O–H groups in total. The topological polar surface area (TPSA) is 15.8 Å². The third-order valence-electron chi connectivity index (χ3n) is 6.62. The monoisotopic (exact) mass is 379 g/mol. The van der Waals surface area contributed by atoms with E-state index in [1.54, 1.807) is 0 Å². The Labute approximate surface area is 172 Å². The summed E-state index contributed by atoms with van der Waals surface area (Å²) < 4.78 is 0. The second-order valence-corrected chi connectivity index (χ2v) is 8.50. The molecule has 4 aromatic carbocycles. The third kappa shape index (κ3) is 3.19. The first-order valence-corrected chi connectivity index (χ1v) is 11.1. The predicted octanol–water partition coefficient (Wildman–Crippen LogP) is 8.39. The van der Waals surface area contributed by atoms with Crippen LogP contribution in [0.15, 0.2) is 66.7 Å². The highest BCUT2D eigenvalue weighted by Gasteiger charge is 2.12. The Balaban J connectivity index is 1.62. The summed E-state index contributed by atoms with van der Waals surface area (Å²) in [7, 11) is 0. The van der Waals surface area contributed by atoms with Gasteiger partial charge in [0.15, 0.2) is 0 Å². The molecular formula is C28H29N. The Morgan fingerprint density at radius 1 is 0.724 bits per heavy atom. The van der Waals surface area contributed by atoms with Gasteiger partial charge in [0.2, 0.25) is 0 Å². The van der Waals surface area contributed by atoms with E-state index < -0.39 is 0 Å². The van der Waals surface area contributed by atoms with Gasteiger partial charge in [0.1, 0.15) is 0 Å². The van der Waals surface area contributed by atoms with Crippen LogP contribution in [0.5, 0.6) is 0 Å². The fraction of sp³-hybridized carbons (Fsp3) is 0.286. The van der Waals surface area contributed by atoms with Crippen LogP contribution in [0.1, 0.15) is 45.1 Å². The number of rotatable bonds is 6. The minimum atomic E-state index is 0.801. The summed E-state index contributed by atoms with van der Waals surface area (Å²) in [6.45, 7) is 4.62. The van der Waals surface area contributed by atoms with Gasteiger partial charge in [-0.15, -0.1) is 0 Å². The minimum Gasteiger partial charge on any atom is -0.353 e. The SMILES string of the molecule is CCCCC(CC)Cc1ccc2c(ccc3c4ccc5ccccc5c4[nH]c23)c1. The minimum absolute atomic E-state index is 0.801. The van der Waals surface area contributed by atoms with Crippen LogP contribution in [-0.2, 0) is 6.42 Å². The lowest BCUT2D eigenvalue weighted by Gasteiger charge is -2.15. The van der Waals surface area contributed by atoms with E-state index >= 15 is 0 Å². The molecule has 146 valence electrons. The van der Waals surface area contributed by atoms with E-state index in [0.29, 0.717) is 0 Å². The van der Waals surface area contributed by atoms with Crippen molar-refractivity contribution in [2.24, 2.45) is 5.92 Å². The molecule has 0 spiro atoms. The van der Waals surface area contributed by atoms with Gasteiger partial charge in [-0.3, -0.25) is 0 Å². The van der Waals surface area contributed by atoms with Gasteiger partial charge < -0.3 is 4.98 Å². The van der Waals surface area contributed by atoms with E-state index in [-0.39, 0.29) is 0 Å². The molecule has 0 radical (unpaired) electrons. The highest BCUT2D eigenvalue weighted by atomic mass is 14.7. The van der Waals surface area contributed by atoms with Crippen molar-refractivity contribution in [3.63, 3.8) is 0 Å². The van der Waals surface area contributed by atoms with Crippen LogP contribution in [0.2, 0.25) is 0 Å². The Bertz CT molecular complexity index is 1310. The number of nitrogens with one attached hydrogen (secondary N) is 1. The Morgan fingerprint density at radius 2 is 1.41 bits per heavy atom. The van der Waals surface area contributed by atoms with Crippen molar-refractivity contribution >= 4 is 43.4 Å². The highest BCUT2D eigenvalue weighted by Crippen LogP contribution is 2.35. The number of hydrogen-bond acceptors (Lipinski definition) is 0. The molecule has 0 fully saturated rings. The molecule has 1 aromatic heterocycles. The number of aromatic nitrogens is 1. The zero-order valence-corrected chi connectivity index (χ0v) is 17.5. The van der Waals surface area contributed by atoms with Gasteiger partial charge >= 0.3 is 0 Å². The van der Waals surface area contributed by atoms with Crippen LogP contribution in [0.3, 0.4) is 0 Å². The van der Waals surface area contributed by atoms with Gasteiger partial charge in [0, 0.05) is 21.5 Å². The summed E-state index contributed by atoms with van der Waals surface area (Å²) in [6.07, 6.45) is 6.45. The van der Waals surface area contributed by atoms with Gasteiger partial charge in [0.05, 0.1) is 11.0 Å². The maximum atomic E-state index is 3.76. The third-order valence-corrected chi connectivity index (χ3v) is 6.62. The molecule has 1 heteroatoms. The maximum Gasteiger partial charge on any atom is 0.0544 e. The van der Waals surface area contributed by atoms with Crippen LogP contribution in [0.25, 0.3) is 43.4 Å². The van der Waals surface area contributed by atoms with E-state index in [1.165, 1.54) is 81.0 Å². The Morgan fingerprint density at radius 3 is 2.17 bits per heavy atom. The first-order chi connectivity index (χ1) is 14.3. The Hall–Kier alpha value is -2.80. The molecule has 0 aliphatic rings.